The number of rotatable bonds is 5. The van der Waals surface area contributed by atoms with Gasteiger partial charge in [-0.15, -0.1) is 0 Å². The first-order chi connectivity index (χ1) is 18.7. The molecule has 0 saturated carbocycles. The van der Waals surface area contributed by atoms with Gasteiger partial charge in [0.15, 0.2) is 5.82 Å². The van der Waals surface area contributed by atoms with Gasteiger partial charge in [0, 0.05) is 34.5 Å². The van der Waals surface area contributed by atoms with Crippen LogP contribution < -0.4 is 10.1 Å². The molecule has 0 amide bonds. The maximum absolute atomic E-state index is 14.6. The van der Waals surface area contributed by atoms with Crippen LogP contribution >= 0.6 is 0 Å². The lowest BCUT2D eigenvalue weighted by Gasteiger charge is -2.23. The summed E-state index contributed by atoms with van der Waals surface area (Å²) in [6.07, 6.45) is 10.7. The number of hydrogen-bond acceptors (Lipinski definition) is 7. The second-order valence-corrected chi connectivity index (χ2v) is 9.31. The number of piperidine rings is 1. The maximum Gasteiger partial charge on any atom is 0.159 e. The number of benzene rings is 1. The van der Waals surface area contributed by atoms with Crippen molar-refractivity contribution >= 4 is 21.9 Å². The van der Waals surface area contributed by atoms with Crippen molar-refractivity contribution in [2.75, 3.05) is 13.1 Å². The Labute approximate surface area is 216 Å². The third kappa shape index (κ3) is 4.04. The third-order valence-electron chi connectivity index (χ3n) is 6.83. The third-order valence-corrected chi connectivity index (χ3v) is 6.83. The van der Waals surface area contributed by atoms with E-state index in [1.54, 1.807) is 49.2 Å². The fourth-order valence-electron chi connectivity index (χ4n) is 4.91. The molecule has 0 aliphatic carbocycles. The molecule has 7 rings (SSSR count). The van der Waals surface area contributed by atoms with Crippen molar-refractivity contribution < 1.29 is 9.13 Å². The predicted molar refractivity (Wildman–Crippen MR) is 142 cm³/mol. The van der Waals surface area contributed by atoms with Crippen molar-refractivity contribution in [1.29, 1.82) is 0 Å². The van der Waals surface area contributed by atoms with Crippen LogP contribution in [-0.2, 0) is 0 Å². The summed E-state index contributed by atoms with van der Waals surface area (Å²) in [6.45, 7) is 1.91. The van der Waals surface area contributed by atoms with Crippen LogP contribution in [0.25, 0.3) is 55.8 Å². The van der Waals surface area contributed by atoms with Gasteiger partial charge in [0.05, 0.1) is 35.3 Å². The molecule has 10 heteroatoms. The Balaban J connectivity index is 1.26. The van der Waals surface area contributed by atoms with Gasteiger partial charge < -0.3 is 15.0 Å². The number of aromatic nitrogens is 7. The number of nitrogens with zero attached hydrogens (tertiary/aromatic N) is 5. The van der Waals surface area contributed by atoms with E-state index in [1.807, 2.05) is 12.1 Å². The number of halogens is 1. The van der Waals surface area contributed by atoms with Crippen molar-refractivity contribution in [2.45, 2.75) is 18.9 Å². The number of H-pyrrole nitrogens is 2. The van der Waals surface area contributed by atoms with Crippen LogP contribution in [0.3, 0.4) is 0 Å². The average molecular weight is 507 g/mol. The molecule has 1 aliphatic rings. The number of ether oxygens (including phenoxy) is 1. The number of pyridine rings is 3. The standard InChI is InChI=1S/C28H23FN8O/c29-22-4-2-1-3-19(22)21-13-32-14-25-26(21)35-28(34-25)27-20-10-23(33-15-24(20)36-37-27)16-9-18(12-31-11-16)38-17-5-7-30-8-6-17/h1-4,9-15,17,30H,5-8H2,(H,34,35)(H,36,37). The van der Waals surface area contributed by atoms with Gasteiger partial charge >= 0.3 is 0 Å². The van der Waals surface area contributed by atoms with Crippen LogP contribution in [0.4, 0.5) is 4.39 Å². The summed E-state index contributed by atoms with van der Waals surface area (Å²) in [7, 11) is 0. The summed E-state index contributed by atoms with van der Waals surface area (Å²) < 4.78 is 20.7. The zero-order valence-corrected chi connectivity index (χ0v) is 20.3. The van der Waals surface area contributed by atoms with Crippen LogP contribution in [0.15, 0.2) is 67.4 Å². The molecular formula is C28H23FN8O. The van der Waals surface area contributed by atoms with E-state index < -0.39 is 0 Å². The van der Waals surface area contributed by atoms with Crippen molar-refractivity contribution in [3.05, 3.63) is 73.2 Å². The molecule has 0 atom stereocenters. The summed E-state index contributed by atoms with van der Waals surface area (Å²) in [4.78, 5) is 21.4. The highest BCUT2D eigenvalue weighted by Gasteiger charge is 2.18. The topological polar surface area (TPSA) is 117 Å². The van der Waals surface area contributed by atoms with Crippen LogP contribution in [0, 0.1) is 5.82 Å². The summed E-state index contributed by atoms with van der Waals surface area (Å²) in [5.74, 6) is 0.955. The van der Waals surface area contributed by atoms with E-state index in [0.717, 1.165) is 53.8 Å². The van der Waals surface area contributed by atoms with Crippen LogP contribution in [0.2, 0.25) is 0 Å². The van der Waals surface area contributed by atoms with Crippen LogP contribution in [-0.4, -0.2) is 54.3 Å². The number of hydrogen-bond donors (Lipinski definition) is 3. The molecule has 1 aliphatic heterocycles. The molecule has 9 nitrogen and oxygen atoms in total. The molecule has 188 valence electrons. The van der Waals surface area contributed by atoms with Gasteiger partial charge in [0.1, 0.15) is 28.9 Å². The molecular weight excluding hydrogens is 483 g/mol. The van der Waals surface area contributed by atoms with Gasteiger partial charge in [-0.2, -0.15) is 5.10 Å². The zero-order valence-electron chi connectivity index (χ0n) is 20.3. The lowest BCUT2D eigenvalue weighted by molar-refractivity contribution is 0.162. The minimum absolute atomic E-state index is 0.182. The van der Waals surface area contributed by atoms with Crippen molar-refractivity contribution in [3.8, 4) is 39.7 Å². The van der Waals surface area contributed by atoms with Gasteiger partial charge in [-0.05, 0) is 44.1 Å². The SMILES string of the molecule is Fc1ccccc1-c1cncc2[nH]c(-c3n[nH]c4cnc(-c5cncc(OC6CCNCC6)c5)cc34)nc12. The Morgan fingerprint density at radius 1 is 0.895 bits per heavy atom. The Morgan fingerprint density at radius 3 is 2.66 bits per heavy atom. The number of imidazole rings is 1. The molecule has 6 heterocycles. The summed E-state index contributed by atoms with van der Waals surface area (Å²) >= 11 is 0. The van der Waals surface area contributed by atoms with Gasteiger partial charge in [-0.25, -0.2) is 9.37 Å². The molecule has 0 radical (unpaired) electrons. The fraction of sp³-hybridized carbons (Fsp3) is 0.179. The molecule has 0 bridgehead atoms. The molecule has 0 unspecified atom stereocenters. The minimum atomic E-state index is -0.327. The van der Waals surface area contributed by atoms with E-state index in [1.165, 1.54) is 6.07 Å². The molecule has 6 aromatic rings. The Hall–Kier alpha value is -4.70. The smallest absolute Gasteiger partial charge is 0.159 e. The van der Waals surface area contributed by atoms with E-state index >= 15 is 0 Å². The molecule has 1 aromatic carbocycles. The second kappa shape index (κ2) is 9.31. The largest absolute Gasteiger partial charge is 0.489 e. The van der Waals surface area contributed by atoms with Crippen molar-refractivity contribution in [3.63, 3.8) is 0 Å². The van der Waals surface area contributed by atoms with Gasteiger partial charge in [0.25, 0.3) is 0 Å². The van der Waals surface area contributed by atoms with Crippen LogP contribution in [0.1, 0.15) is 12.8 Å². The Morgan fingerprint density at radius 2 is 1.76 bits per heavy atom. The fourth-order valence-corrected chi connectivity index (χ4v) is 4.91. The van der Waals surface area contributed by atoms with E-state index in [-0.39, 0.29) is 11.9 Å². The lowest BCUT2D eigenvalue weighted by Crippen LogP contribution is -2.34. The first-order valence-corrected chi connectivity index (χ1v) is 12.5. The average Bonchev–Trinajstić information content (AvgIpc) is 3.58. The minimum Gasteiger partial charge on any atom is -0.489 e. The molecule has 0 spiro atoms. The van der Waals surface area contributed by atoms with Crippen molar-refractivity contribution in [1.82, 2.24) is 40.4 Å². The van der Waals surface area contributed by atoms with Crippen LogP contribution in [0.5, 0.6) is 5.75 Å². The van der Waals surface area contributed by atoms with E-state index in [0.29, 0.717) is 33.7 Å². The normalized spacial score (nSPS) is 14.3. The van der Waals surface area contributed by atoms with Gasteiger partial charge in [-0.1, -0.05) is 18.2 Å². The van der Waals surface area contributed by atoms with Crippen molar-refractivity contribution in [2.24, 2.45) is 0 Å². The number of aromatic amines is 2. The summed E-state index contributed by atoms with van der Waals surface area (Å²) in [5.41, 5.74) is 5.37. The lowest BCUT2D eigenvalue weighted by atomic mass is 10.1. The quantitative estimate of drug-likeness (QED) is 0.305. The molecule has 5 aromatic heterocycles. The number of nitrogens with one attached hydrogen (secondary N) is 3. The Bertz CT molecular complexity index is 1770. The molecule has 38 heavy (non-hydrogen) atoms. The zero-order chi connectivity index (χ0) is 25.5. The molecule has 1 saturated heterocycles. The monoisotopic (exact) mass is 506 g/mol. The number of fused-ring (bicyclic) bond motifs is 2. The van der Waals surface area contributed by atoms with E-state index in [9.17, 15) is 4.39 Å². The molecule has 1 fully saturated rings. The van der Waals surface area contributed by atoms with Gasteiger partial charge in [-0.3, -0.25) is 20.1 Å². The van der Waals surface area contributed by atoms with E-state index in [4.69, 9.17) is 9.72 Å². The Kier molecular flexibility index (Phi) is 5.51. The second-order valence-electron chi connectivity index (χ2n) is 9.31. The highest BCUT2D eigenvalue weighted by atomic mass is 19.1. The first kappa shape index (κ1) is 22.5. The van der Waals surface area contributed by atoms with E-state index in [2.05, 4.69) is 35.5 Å². The highest BCUT2D eigenvalue weighted by molar-refractivity contribution is 5.97. The maximum atomic E-state index is 14.6. The summed E-state index contributed by atoms with van der Waals surface area (Å²) in [5, 5.41) is 11.7. The first-order valence-electron chi connectivity index (χ1n) is 12.5. The highest BCUT2D eigenvalue weighted by Crippen LogP contribution is 2.33. The van der Waals surface area contributed by atoms with Gasteiger partial charge in [0.2, 0.25) is 0 Å². The summed E-state index contributed by atoms with van der Waals surface area (Å²) in [6, 6.07) is 10.5. The molecule has 3 N–H and O–H groups in total. The predicted octanol–water partition coefficient (Wildman–Crippen LogP) is 4.90.